The number of unbranched alkanes of at least 4 members (excludes halogenated alkanes) is 2. The van der Waals surface area contributed by atoms with Crippen LogP contribution in [0.3, 0.4) is 0 Å². The molecular weight excluding hydrogens is 328 g/mol. The largest absolute Gasteiger partial charge is 0.460 e. The van der Waals surface area contributed by atoms with Crippen molar-refractivity contribution in [2.45, 2.75) is 63.3 Å². The van der Waals surface area contributed by atoms with E-state index in [1.807, 2.05) is 6.92 Å². The molecule has 0 saturated carbocycles. The van der Waals surface area contributed by atoms with Gasteiger partial charge in [0.2, 0.25) is 0 Å². The highest BCUT2D eigenvalue weighted by molar-refractivity contribution is 5.81. The standard InChI is InChI=1S/C18H30O7/c1-4-7-8-9-18(23,10-14(19)12-24-16(21)5-2)11-15(20)13-25-17(22)6-3/h5-6,14-15,19-20,23H,2-4,7-13H2,1H3. The quantitative estimate of drug-likeness (QED) is 0.243. The van der Waals surface area contributed by atoms with Crippen molar-refractivity contribution in [1.82, 2.24) is 0 Å². The van der Waals surface area contributed by atoms with Crippen molar-refractivity contribution in [2.24, 2.45) is 0 Å². The Bertz CT molecular complexity index is 401. The van der Waals surface area contributed by atoms with Crippen LogP contribution in [0.15, 0.2) is 25.3 Å². The molecule has 0 fully saturated rings. The molecule has 0 aliphatic carbocycles. The third kappa shape index (κ3) is 11.5. The van der Waals surface area contributed by atoms with Crippen molar-refractivity contribution < 1.29 is 34.4 Å². The van der Waals surface area contributed by atoms with E-state index in [1.54, 1.807) is 0 Å². The lowest BCUT2D eigenvalue weighted by Gasteiger charge is -2.32. The van der Waals surface area contributed by atoms with Gasteiger partial charge in [-0.2, -0.15) is 0 Å². The predicted octanol–water partition coefficient (Wildman–Crippen LogP) is 1.26. The molecule has 7 heteroatoms. The average molecular weight is 358 g/mol. The highest BCUT2D eigenvalue weighted by atomic mass is 16.5. The highest BCUT2D eigenvalue weighted by Gasteiger charge is 2.32. The fourth-order valence-electron chi connectivity index (χ4n) is 2.46. The van der Waals surface area contributed by atoms with E-state index < -0.39 is 29.7 Å². The van der Waals surface area contributed by atoms with Gasteiger partial charge in [0, 0.05) is 25.0 Å². The molecule has 3 N–H and O–H groups in total. The number of rotatable bonds is 14. The van der Waals surface area contributed by atoms with E-state index in [9.17, 15) is 24.9 Å². The zero-order valence-corrected chi connectivity index (χ0v) is 14.9. The zero-order valence-electron chi connectivity index (χ0n) is 14.9. The maximum absolute atomic E-state index is 11.0. The number of hydrogen-bond acceptors (Lipinski definition) is 7. The second-order valence-electron chi connectivity index (χ2n) is 6.07. The van der Waals surface area contributed by atoms with Gasteiger partial charge in [0.25, 0.3) is 0 Å². The van der Waals surface area contributed by atoms with Gasteiger partial charge in [-0.15, -0.1) is 0 Å². The summed E-state index contributed by atoms with van der Waals surface area (Å²) < 4.78 is 9.52. The summed E-state index contributed by atoms with van der Waals surface area (Å²) in [6, 6.07) is 0. The van der Waals surface area contributed by atoms with Gasteiger partial charge in [0.05, 0.1) is 17.8 Å². The molecule has 0 radical (unpaired) electrons. The van der Waals surface area contributed by atoms with Crippen LogP contribution in [0.1, 0.15) is 45.4 Å². The van der Waals surface area contributed by atoms with Crippen molar-refractivity contribution in [1.29, 1.82) is 0 Å². The zero-order chi connectivity index (χ0) is 19.3. The van der Waals surface area contributed by atoms with Crippen molar-refractivity contribution in [3.8, 4) is 0 Å². The Labute approximate surface area is 148 Å². The Balaban J connectivity index is 4.67. The summed E-state index contributed by atoms with van der Waals surface area (Å²) in [5.41, 5.74) is -1.37. The first kappa shape index (κ1) is 23.3. The van der Waals surface area contributed by atoms with Crippen molar-refractivity contribution in [3.63, 3.8) is 0 Å². The lowest BCUT2D eigenvalue weighted by Crippen LogP contribution is -2.40. The highest BCUT2D eigenvalue weighted by Crippen LogP contribution is 2.27. The molecule has 0 aliphatic heterocycles. The minimum Gasteiger partial charge on any atom is -0.460 e. The number of aliphatic hydroxyl groups excluding tert-OH is 2. The van der Waals surface area contributed by atoms with Crippen molar-refractivity contribution in [3.05, 3.63) is 25.3 Å². The Morgan fingerprint density at radius 3 is 1.80 bits per heavy atom. The molecule has 0 aromatic carbocycles. The SMILES string of the molecule is C=CC(=O)OCC(O)CC(O)(CCCCC)CC(O)COC(=O)C=C. The van der Waals surface area contributed by atoms with Crippen LogP contribution in [0.5, 0.6) is 0 Å². The Hall–Kier alpha value is -1.70. The van der Waals surface area contributed by atoms with Gasteiger partial charge in [-0.05, 0) is 6.42 Å². The number of ether oxygens (including phenoxy) is 2. The Morgan fingerprint density at radius 2 is 1.44 bits per heavy atom. The summed E-state index contributed by atoms with van der Waals surface area (Å²) in [6.07, 6.45) is 2.57. The van der Waals surface area contributed by atoms with Gasteiger partial charge in [-0.3, -0.25) is 0 Å². The predicted molar refractivity (Wildman–Crippen MR) is 92.7 cm³/mol. The van der Waals surface area contributed by atoms with E-state index in [-0.39, 0.29) is 26.1 Å². The third-order valence-electron chi connectivity index (χ3n) is 3.65. The summed E-state index contributed by atoms with van der Waals surface area (Å²) in [6.45, 7) is 7.98. The lowest BCUT2D eigenvalue weighted by molar-refractivity contribution is -0.144. The van der Waals surface area contributed by atoms with Crippen molar-refractivity contribution in [2.75, 3.05) is 13.2 Å². The summed E-state index contributed by atoms with van der Waals surface area (Å²) in [5, 5.41) is 30.8. The van der Waals surface area contributed by atoms with E-state index in [2.05, 4.69) is 13.2 Å². The van der Waals surface area contributed by atoms with Gasteiger partial charge < -0.3 is 24.8 Å². The van der Waals surface area contributed by atoms with Crippen LogP contribution in [0.2, 0.25) is 0 Å². The molecule has 0 aliphatic rings. The first-order valence-corrected chi connectivity index (χ1v) is 8.43. The fraction of sp³-hybridized carbons (Fsp3) is 0.667. The number of hydrogen-bond donors (Lipinski definition) is 3. The maximum atomic E-state index is 11.0. The van der Waals surface area contributed by atoms with Gasteiger partial charge >= 0.3 is 11.9 Å². The number of carbonyl (C=O) groups excluding carboxylic acids is 2. The second-order valence-corrected chi connectivity index (χ2v) is 6.07. The van der Waals surface area contributed by atoms with Crippen LogP contribution in [0.25, 0.3) is 0 Å². The first-order valence-electron chi connectivity index (χ1n) is 8.43. The first-order chi connectivity index (χ1) is 11.8. The molecule has 0 rings (SSSR count). The number of carbonyl (C=O) groups is 2. The minimum absolute atomic E-state index is 0.0758. The average Bonchev–Trinajstić information content (AvgIpc) is 2.57. The molecule has 0 amide bonds. The lowest BCUT2D eigenvalue weighted by atomic mass is 9.85. The van der Waals surface area contributed by atoms with E-state index in [1.165, 1.54) is 0 Å². The molecule has 0 saturated heterocycles. The molecule has 7 nitrogen and oxygen atoms in total. The summed E-state index contributed by atoms with van der Waals surface area (Å²) in [4.78, 5) is 22.1. The van der Waals surface area contributed by atoms with Crippen LogP contribution in [-0.2, 0) is 19.1 Å². The molecule has 2 unspecified atom stereocenters. The van der Waals surface area contributed by atoms with Crippen LogP contribution in [0.4, 0.5) is 0 Å². The Kier molecular flexibility index (Phi) is 11.8. The molecule has 25 heavy (non-hydrogen) atoms. The molecule has 0 spiro atoms. The van der Waals surface area contributed by atoms with E-state index in [0.29, 0.717) is 12.8 Å². The van der Waals surface area contributed by atoms with Gasteiger partial charge in [0.15, 0.2) is 0 Å². The van der Waals surface area contributed by atoms with Gasteiger partial charge in [0.1, 0.15) is 13.2 Å². The molecule has 0 heterocycles. The molecular formula is C18H30O7. The normalized spacial score (nSPS) is 15.5. The summed E-state index contributed by atoms with van der Waals surface area (Å²) in [7, 11) is 0. The smallest absolute Gasteiger partial charge is 0.330 e. The van der Waals surface area contributed by atoms with E-state index in [4.69, 9.17) is 9.47 Å². The van der Waals surface area contributed by atoms with Crippen LogP contribution < -0.4 is 0 Å². The topological polar surface area (TPSA) is 113 Å². The molecule has 0 bridgehead atoms. The van der Waals surface area contributed by atoms with Crippen molar-refractivity contribution >= 4 is 11.9 Å². The Morgan fingerprint density at radius 1 is 1.00 bits per heavy atom. The molecule has 0 aromatic heterocycles. The second kappa shape index (κ2) is 12.6. The van der Waals surface area contributed by atoms with Crippen LogP contribution in [-0.4, -0.2) is 58.3 Å². The fourth-order valence-corrected chi connectivity index (χ4v) is 2.46. The third-order valence-corrected chi connectivity index (χ3v) is 3.65. The van der Waals surface area contributed by atoms with E-state index in [0.717, 1.165) is 25.0 Å². The maximum Gasteiger partial charge on any atom is 0.330 e. The summed E-state index contributed by atoms with van der Waals surface area (Å²) in [5.74, 6) is -1.32. The van der Waals surface area contributed by atoms with E-state index >= 15 is 0 Å². The van der Waals surface area contributed by atoms with Crippen LogP contribution in [0, 0.1) is 0 Å². The minimum atomic E-state index is -1.37. The molecule has 144 valence electrons. The van der Waals surface area contributed by atoms with Crippen LogP contribution >= 0.6 is 0 Å². The summed E-state index contributed by atoms with van der Waals surface area (Å²) >= 11 is 0. The molecule has 2 atom stereocenters. The number of aliphatic hydroxyl groups is 3. The van der Waals surface area contributed by atoms with Gasteiger partial charge in [-0.1, -0.05) is 39.3 Å². The molecule has 0 aromatic rings. The number of esters is 2. The van der Waals surface area contributed by atoms with Gasteiger partial charge in [-0.25, -0.2) is 9.59 Å². The monoisotopic (exact) mass is 358 g/mol.